The molecule has 18 heavy (non-hydrogen) atoms. The van der Waals surface area contributed by atoms with E-state index in [4.69, 9.17) is 4.74 Å². The summed E-state index contributed by atoms with van der Waals surface area (Å²) in [7, 11) is 0. The third-order valence-electron chi connectivity index (χ3n) is 2.69. The van der Waals surface area contributed by atoms with Crippen molar-refractivity contribution in [2.24, 2.45) is 0 Å². The minimum Gasteiger partial charge on any atom is -0.380 e. The van der Waals surface area contributed by atoms with Crippen LogP contribution in [0.5, 0.6) is 0 Å². The second-order valence-corrected chi connectivity index (χ2v) is 4.31. The number of aryl methyl sites for hydroxylation is 1. The summed E-state index contributed by atoms with van der Waals surface area (Å²) in [5, 5.41) is 3.21. The first-order chi connectivity index (χ1) is 8.65. The minimum atomic E-state index is -0.499. The van der Waals surface area contributed by atoms with Gasteiger partial charge in [-0.1, -0.05) is 13.0 Å². The molecule has 0 aromatic heterocycles. The highest BCUT2D eigenvalue weighted by Gasteiger charge is 2.06. The van der Waals surface area contributed by atoms with Crippen LogP contribution in [0.15, 0.2) is 12.1 Å². The van der Waals surface area contributed by atoms with E-state index in [0.29, 0.717) is 30.8 Å². The average Bonchev–Trinajstić information content (AvgIpc) is 2.34. The molecule has 0 heterocycles. The maximum absolute atomic E-state index is 13.4. The van der Waals surface area contributed by atoms with E-state index in [9.17, 15) is 8.78 Å². The lowest BCUT2D eigenvalue weighted by Gasteiger charge is -2.07. The van der Waals surface area contributed by atoms with Gasteiger partial charge in [-0.05, 0) is 37.4 Å². The summed E-state index contributed by atoms with van der Waals surface area (Å²) in [5.74, 6) is -0.994. The topological polar surface area (TPSA) is 21.3 Å². The lowest BCUT2D eigenvalue weighted by molar-refractivity contribution is 0.138. The van der Waals surface area contributed by atoms with Gasteiger partial charge >= 0.3 is 0 Å². The van der Waals surface area contributed by atoms with E-state index in [1.165, 1.54) is 0 Å². The molecular weight excluding hydrogens is 236 g/mol. The van der Waals surface area contributed by atoms with Crippen molar-refractivity contribution in [1.29, 1.82) is 0 Å². The Morgan fingerprint density at radius 3 is 2.61 bits per heavy atom. The van der Waals surface area contributed by atoms with Crippen molar-refractivity contribution in [3.05, 3.63) is 34.9 Å². The lowest BCUT2D eigenvalue weighted by atomic mass is 10.1. The Kier molecular flexibility index (Phi) is 6.83. The molecule has 1 rings (SSSR count). The zero-order valence-corrected chi connectivity index (χ0v) is 11.1. The van der Waals surface area contributed by atoms with Crippen LogP contribution in [0.4, 0.5) is 8.78 Å². The fourth-order valence-corrected chi connectivity index (χ4v) is 1.64. The fourth-order valence-electron chi connectivity index (χ4n) is 1.64. The summed E-state index contributed by atoms with van der Waals surface area (Å²) in [5.41, 5.74) is 0.978. The Labute approximate surface area is 107 Å². The summed E-state index contributed by atoms with van der Waals surface area (Å²) in [6, 6.07) is 2.48. The molecule has 4 heteroatoms. The molecule has 0 bridgehead atoms. The molecule has 0 atom stereocenters. The Hall–Kier alpha value is -1.00. The molecule has 1 aromatic rings. The summed E-state index contributed by atoms with van der Waals surface area (Å²) in [6.07, 6.45) is 1.57. The minimum absolute atomic E-state index is 0.454. The summed E-state index contributed by atoms with van der Waals surface area (Å²) in [6.45, 7) is 6.59. The Morgan fingerprint density at radius 1 is 1.11 bits per heavy atom. The molecule has 0 unspecified atom stereocenters. The van der Waals surface area contributed by atoms with Gasteiger partial charge in [0.25, 0.3) is 0 Å². The van der Waals surface area contributed by atoms with E-state index in [-0.39, 0.29) is 0 Å². The number of ether oxygens (including phenoxy) is 1. The Bertz CT molecular complexity index is 369. The second kappa shape index (κ2) is 8.16. The molecule has 0 amide bonds. The van der Waals surface area contributed by atoms with Gasteiger partial charge in [0.2, 0.25) is 0 Å². The maximum Gasteiger partial charge on any atom is 0.129 e. The van der Waals surface area contributed by atoms with Crippen molar-refractivity contribution in [3.63, 3.8) is 0 Å². The van der Waals surface area contributed by atoms with E-state index < -0.39 is 11.6 Å². The van der Waals surface area contributed by atoms with Crippen LogP contribution in [-0.2, 0) is 11.2 Å². The largest absolute Gasteiger partial charge is 0.380 e. The van der Waals surface area contributed by atoms with Gasteiger partial charge in [0.1, 0.15) is 11.6 Å². The molecule has 0 aliphatic heterocycles. The molecule has 0 saturated heterocycles. The Morgan fingerprint density at radius 2 is 1.89 bits per heavy atom. The first-order valence-electron chi connectivity index (χ1n) is 6.38. The lowest BCUT2D eigenvalue weighted by Crippen LogP contribution is -2.20. The zero-order valence-electron chi connectivity index (χ0n) is 11.1. The molecule has 2 nitrogen and oxygen atoms in total. The van der Waals surface area contributed by atoms with Gasteiger partial charge in [-0.15, -0.1) is 0 Å². The van der Waals surface area contributed by atoms with Crippen LogP contribution in [0.25, 0.3) is 0 Å². The van der Waals surface area contributed by atoms with Crippen LogP contribution in [0, 0.1) is 18.6 Å². The average molecular weight is 257 g/mol. The van der Waals surface area contributed by atoms with Crippen LogP contribution in [-0.4, -0.2) is 26.3 Å². The van der Waals surface area contributed by atoms with Crippen molar-refractivity contribution >= 4 is 0 Å². The molecule has 0 aliphatic rings. The summed E-state index contributed by atoms with van der Waals surface area (Å²) >= 11 is 0. The predicted octanol–water partition coefficient (Wildman–Crippen LogP) is 2.83. The van der Waals surface area contributed by atoms with Crippen LogP contribution >= 0.6 is 0 Å². The van der Waals surface area contributed by atoms with Gasteiger partial charge in [0, 0.05) is 12.6 Å². The van der Waals surface area contributed by atoms with E-state index in [2.05, 4.69) is 12.2 Å². The van der Waals surface area contributed by atoms with Gasteiger partial charge in [0.05, 0.1) is 13.2 Å². The number of hydrogen-bond acceptors (Lipinski definition) is 2. The van der Waals surface area contributed by atoms with Gasteiger partial charge in [-0.25, -0.2) is 8.78 Å². The molecule has 0 fully saturated rings. The van der Waals surface area contributed by atoms with E-state index >= 15 is 0 Å². The smallest absolute Gasteiger partial charge is 0.129 e. The predicted molar refractivity (Wildman–Crippen MR) is 68.8 cm³/mol. The molecule has 0 spiro atoms. The van der Waals surface area contributed by atoms with Crippen molar-refractivity contribution in [2.75, 3.05) is 26.3 Å². The second-order valence-electron chi connectivity index (χ2n) is 4.31. The third kappa shape index (κ3) is 5.10. The molecule has 0 radical (unpaired) electrons. The van der Waals surface area contributed by atoms with Crippen LogP contribution in [0.2, 0.25) is 0 Å². The fraction of sp³-hybridized carbons (Fsp3) is 0.571. The van der Waals surface area contributed by atoms with E-state index in [1.54, 1.807) is 13.0 Å². The number of rotatable bonds is 8. The highest BCUT2D eigenvalue weighted by atomic mass is 19.1. The van der Waals surface area contributed by atoms with Crippen molar-refractivity contribution in [2.45, 2.75) is 26.7 Å². The molecule has 0 aliphatic carbocycles. The molecule has 1 aromatic carbocycles. The molecule has 0 saturated carbocycles. The van der Waals surface area contributed by atoms with Gasteiger partial charge in [-0.2, -0.15) is 0 Å². The van der Waals surface area contributed by atoms with Gasteiger partial charge in [0.15, 0.2) is 0 Å². The quantitative estimate of drug-likeness (QED) is 0.723. The van der Waals surface area contributed by atoms with Gasteiger partial charge in [-0.3, -0.25) is 0 Å². The van der Waals surface area contributed by atoms with Crippen LogP contribution < -0.4 is 5.32 Å². The van der Waals surface area contributed by atoms with E-state index in [1.807, 2.05) is 0 Å². The van der Waals surface area contributed by atoms with Crippen molar-refractivity contribution in [3.8, 4) is 0 Å². The number of nitrogens with one attached hydrogen (secondary N) is 1. The van der Waals surface area contributed by atoms with E-state index in [0.717, 1.165) is 25.6 Å². The number of hydrogen-bond donors (Lipinski definition) is 1. The summed E-state index contributed by atoms with van der Waals surface area (Å²) in [4.78, 5) is 0. The zero-order chi connectivity index (χ0) is 13.4. The normalized spacial score (nSPS) is 10.9. The van der Waals surface area contributed by atoms with Crippen LogP contribution in [0.1, 0.15) is 24.5 Å². The standard InChI is InChI=1S/C14H21F2NO/c1-3-5-17-6-8-18-7-4-12-9-11(2)13(15)10-14(12)16/h9-10,17H,3-8H2,1-2H3. The van der Waals surface area contributed by atoms with Gasteiger partial charge < -0.3 is 10.1 Å². The number of benzene rings is 1. The number of halogens is 2. The third-order valence-corrected chi connectivity index (χ3v) is 2.69. The molecular formula is C14H21F2NO. The highest BCUT2D eigenvalue weighted by molar-refractivity contribution is 5.25. The Balaban J connectivity index is 2.25. The highest BCUT2D eigenvalue weighted by Crippen LogP contribution is 2.14. The first-order valence-corrected chi connectivity index (χ1v) is 6.38. The van der Waals surface area contributed by atoms with Crippen molar-refractivity contribution < 1.29 is 13.5 Å². The van der Waals surface area contributed by atoms with Crippen molar-refractivity contribution in [1.82, 2.24) is 5.32 Å². The SMILES string of the molecule is CCCNCCOCCc1cc(C)c(F)cc1F. The summed E-state index contributed by atoms with van der Waals surface area (Å²) < 4.78 is 31.8. The monoisotopic (exact) mass is 257 g/mol. The molecule has 1 N–H and O–H groups in total. The maximum atomic E-state index is 13.4. The molecule has 102 valence electrons. The first kappa shape index (κ1) is 15.1. The van der Waals surface area contributed by atoms with Crippen LogP contribution in [0.3, 0.4) is 0 Å².